The van der Waals surface area contributed by atoms with Crippen LogP contribution in [0, 0.1) is 0 Å². The summed E-state index contributed by atoms with van der Waals surface area (Å²) in [6, 6.07) is 16.3. The quantitative estimate of drug-likeness (QED) is 0.517. The van der Waals surface area contributed by atoms with E-state index in [0.29, 0.717) is 5.95 Å². The maximum Gasteiger partial charge on any atom is 0.227 e. The lowest BCUT2D eigenvalue weighted by Gasteiger charge is -2.34. The smallest absolute Gasteiger partial charge is 0.227 e. The van der Waals surface area contributed by atoms with Crippen molar-refractivity contribution in [3.63, 3.8) is 0 Å². The number of anilines is 3. The molecule has 1 aromatic heterocycles. The lowest BCUT2D eigenvalue weighted by molar-refractivity contribution is 0.312. The van der Waals surface area contributed by atoms with Crippen LogP contribution in [-0.2, 0) is 6.42 Å². The van der Waals surface area contributed by atoms with Gasteiger partial charge in [0.1, 0.15) is 5.75 Å². The second-order valence-corrected chi connectivity index (χ2v) is 9.21. The molecule has 5 rings (SSSR count). The zero-order valence-corrected chi connectivity index (χ0v) is 21.2. The van der Waals surface area contributed by atoms with Crippen molar-refractivity contribution in [1.82, 2.24) is 14.9 Å². The molecule has 3 N–H and O–H groups in total. The normalized spacial score (nSPS) is 16.6. The average molecular weight is 484 g/mol. The van der Waals surface area contributed by atoms with Crippen molar-refractivity contribution in [3.05, 3.63) is 77.2 Å². The molecule has 8 heteroatoms. The number of nitrogens with one attached hydrogen (secondary N) is 1. The van der Waals surface area contributed by atoms with Crippen molar-refractivity contribution in [1.29, 1.82) is 0 Å². The highest BCUT2D eigenvalue weighted by Gasteiger charge is 2.25. The molecule has 0 radical (unpaired) electrons. The van der Waals surface area contributed by atoms with E-state index in [1.807, 2.05) is 42.6 Å². The number of methoxy groups -OCH3 is 1. The summed E-state index contributed by atoms with van der Waals surface area (Å²) in [7, 11) is 5.64. The molecule has 8 nitrogen and oxygen atoms in total. The SMILES string of the molecule is CN=C(C1=C(N)CCc2cnc(Nc3ccc(N4CCN(C)CC4)cc3OC)nc21)c1ccccc1. The second kappa shape index (κ2) is 10.4. The predicted octanol–water partition coefficient (Wildman–Crippen LogP) is 3.72. The maximum absolute atomic E-state index is 6.54. The number of aliphatic imine (C=N–C) groups is 1. The van der Waals surface area contributed by atoms with Gasteiger partial charge >= 0.3 is 0 Å². The Kier molecular flexibility index (Phi) is 6.86. The van der Waals surface area contributed by atoms with E-state index < -0.39 is 0 Å². The van der Waals surface area contributed by atoms with Gasteiger partial charge in [-0.05, 0) is 37.6 Å². The summed E-state index contributed by atoms with van der Waals surface area (Å²) >= 11 is 0. The van der Waals surface area contributed by atoms with E-state index in [4.69, 9.17) is 15.5 Å². The van der Waals surface area contributed by atoms with Gasteiger partial charge in [-0.1, -0.05) is 30.3 Å². The van der Waals surface area contributed by atoms with Gasteiger partial charge in [0, 0.05) is 68.0 Å². The number of aromatic nitrogens is 2. The Morgan fingerprint density at radius 2 is 1.83 bits per heavy atom. The number of hydrogen-bond donors (Lipinski definition) is 2. The fourth-order valence-corrected chi connectivity index (χ4v) is 4.82. The molecular formula is C28H33N7O. The van der Waals surface area contributed by atoms with Crippen molar-refractivity contribution >= 4 is 28.6 Å². The largest absolute Gasteiger partial charge is 0.494 e. The fourth-order valence-electron chi connectivity index (χ4n) is 4.82. The molecule has 2 aliphatic rings. The minimum Gasteiger partial charge on any atom is -0.494 e. The molecule has 0 atom stereocenters. The topological polar surface area (TPSA) is 91.9 Å². The van der Waals surface area contributed by atoms with Gasteiger partial charge in [-0.15, -0.1) is 0 Å². The van der Waals surface area contributed by atoms with Crippen LogP contribution in [0.3, 0.4) is 0 Å². The number of nitrogens with zero attached hydrogens (tertiary/aromatic N) is 5. The van der Waals surface area contributed by atoms with Gasteiger partial charge in [0.05, 0.1) is 24.2 Å². The molecule has 1 aliphatic heterocycles. The first-order valence-corrected chi connectivity index (χ1v) is 12.3. The van der Waals surface area contributed by atoms with Crippen LogP contribution < -0.4 is 20.7 Å². The van der Waals surface area contributed by atoms with Crippen LogP contribution in [0.1, 0.15) is 23.2 Å². The number of benzene rings is 2. The van der Waals surface area contributed by atoms with Crippen LogP contribution in [0.2, 0.25) is 0 Å². The molecule has 186 valence electrons. The van der Waals surface area contributed by atoms with Gasteiger partial charge in [-0.25, -0.2) is 9.97 Å². The number of likely N-dealkylation sites (N-methyl/N-ethyl adjacent to an activating group) is 1. The van der Waals surface area contributed by atoms with Crippen LogP contribution in [0.15, 0.2) is 65.4 Å². The van der Waals surface area contributed by atoms with Crippen LogP contribution in [0.5, 0.6) is 5.75 Å². The molecule has 0 unspecified atom stereocenters. The highest BCUT2D eigenvalue weighted by atomic mass is 16.5. The number of aryl methyl sites for hydroxylation is 1. The molecule has 36 heavy (non-hydrogen) atoms. The summed E-state index contributed by atoms with van der Waals surface area (Å²) in [5, 5.41) is 3.37. The molecule has 2 heterocycles. The lowest BCUT2D eigenvalue weighted by Crippen LogP contribution is -2.44. The van der Waals surface area contributed by atoms with E-state index in [0.717, 1.165) is 89.9 Å². The fraction of sp³-hybridized carbons (Fsp3) is 0.321. The van der Waals surface area contributed by atoms with E-state index in [1.54, 1.807) is 14.2 Å². The van der Waals surface area contributed by atoms with Gasteiger partial charge in [0.2, 0.25) is 5.95 Å². The number of allylic oxidation sites excluding steroid dienone is 2. The Bertz CT molecular complexity index is 1290. The van der Waals surface area contributed by atoms with Crippen molar-refractivity contribution < 1.29 is 4.74 Å². The number of ether oxygens (including phenoxy) is 1. The molecule has 3 aromatic rings. The number of nitrogens with two attached hydrogens (primary N) is 1. The van der Waals surface area contributed by atoms with E-state index in [2.05, 4.69) is 44.3 Å². The Labute approximate surface area is 212 Å². The number of hydrogen-bond acceptors (Lipinski definition) is 8. The van der Waals surface area contributed by atoms with Crippen LogP contribution in [0.25, 0.3) is 5.57 Å². The first-order valence-electron chi connectivity index (χ1n) is 12.3. The molecule has 1 aliphatic carbocycles. The van der Waals surface area contributed by atoms with Gasteiger partial charge < -0.3 is 25.6 Å². The lowest BCUT2D eigenvalue weighted by atomic mass is 9.88. The van der Waals surface area contributed by atoms with E-state index in [1.165, 1.54) is 0 Å². The maximum atomic E-state index is 6.54. The highest BCUT2D eigenvalue weighted by molar-refractivity contribution is 6.32. The number of piperazine rings is 1. The molecular weight excluding hydrogens is 450 g/mol. The average Bonchev–Trinajstić information content (AvgIpc) is 2.91. The predicted molar refractivity (Wildman–Crippen MR) is 146 cm³/mol. The summed E-state index contributed by atoms with van der Waals surface area (Å²) in [5.74, 6) is 1.25. The molecule has 1 saturated heterocycles. The molecule has 0 bridgehead atoms. The Hall–Kier alpha value is -3.91. The zero-order chi connectivity index (χ0) is 25.1. The van der Waals surface area contributed by atoms with E-state index in [9.17, 15) is 0 Å². The molecule has 1 fully saturated rings. The second-order valence-electron chi connectivity index (χ2n) is 9.21. The van der Waals surface area contributed by atoms with Crippen LogP contribution >= 0.6 is 0 Å². The van der Waals surface area contributed by atoms with Gasteiger partial charge in [0.15, 0.2) is 0 Å². The number of fused-ring (bicyclic) bond motifs is 1. The third kappa shape index (κ3) is 4.77. The van der Waals surface area contributed by atoms with Crippen molar-refractivity contribution in [2.75, 3.05) is 57.6 Å². The third-order valence-electron chi connectivity index (χ3n) is 6.89. The monoisotopic (exact) mass is 483 g/mol. The minimum absolute atomic E-state index is 0.495. The Morgan fingerprint density at radius 1 is 1.06 bits per heavy atom. The summed E-state index contributed by atoms with van der Waals surface area (Å²) in [6.45, 7) is 4.10. The van der Waals surface area contributed by atoms with Crippen molar-refractivity contribution in [2.45, 2.75) is 12.8 Å². The molecule has 0 amide bonds. The summed E-state index contributed by atoms with van der Waals surface area (Å²) in [5.41, 5.74) is 13.9. The Morgan fingerprint density at radius 3 is 2.56 bits per heavy atom. The first kappa shape index (κ1) is 23.8. The summed E-state index contributed by atoms with van der Waals surface area (Å²) in [4.78, 5) is 18.9. The molecule has 0 spiro atoms. The summed E-state index contributed by atoms with van der Waals surface area (Å²) < 4.78 is 5.73. The van der Waals surface area contributed by atoms with Crippen molar-refractivity contribution in [2.24, 2.45) is 10.7 Å². The van der Waals surface area contributed by atoms with E-state index >= 15 is 0 Å². The molecule has 0 saturated carbocycles. The van der Waals surface area contributed by atoms with Crippen LogP contribution in [-0.4, -0.2) is 68.0 Å². The van der Waals surface area contributed by atoms with E-state index in [-0.39, 0.29) is 0 Å². The standard InChI is InChI=1S/C28H33N7O/c1-30-26(19-7-5-4-6-8-19)25-22(29)11-9-20-18-31-28(33-27(20)25)32-23-12-10-21(17-24(23)36-3)35-15-13-34(2)14-16-35/h4-8,10,12,17-18H,9,11,13-16,29H2,1-3H3,(H,31,32,33). The third-order valence-corrected chi connectivity index (χ3v) is 6.89. The minimum atomic E-state index is 0.495. The van der Waals surface area contributed by atoms with Gasteiger partial charge in [-0.2, -0.15) is 0 Å². The van der Waals surface area contributed by atoms with Gasteiger partial charge in [0.25, 0.3) is 0 Å². The van der Waals surface area contributed by atoms with Gasteiger partial charge in [-0.3, -0.25) is 4.99 Å². The Balaban J connectivity index is 1.45. The summed E-state index contributed by atoms with van der Waals surface area (Å²) in [6.07, 6.45) is 3.45. The van der Waals surface area contributed by atoms with Crippen LogP contribution in [0.4, 0.5) is 17.3 Å². The van der Waals surface area contributed by atoms with Crippen molar-refractivity contribution in [3.8, 4) is 5.75 Å². The highest BCUT2D eigenvalue weighted by Crippen LogP contribution is 2.34. The number of rotatable bonds is 6. The first-order chi connectivity index (χ1) is 17.6. The molecule has 2 aromatic carbocycles. The zero-order valence-electron chi connectivity index (χ0n) is 21.2.